The van der Waals surface area contributed by atoms with Gasteiger partial charge >= 0.3 is 5.79 Å². The molecule has 1 aliphatic heterocycles. The Morgan fingerprint density at radius 1 is 0.750 bits per heavy atom. The van der Waals surface area contributed by atoms with Gasteiger partial charge in [0, 0.05) is 11.6 Å². The van der Waals surface area contributed by atoms with Crippen molar-refractivity contribution < 1.29 is 14.4 Å². The highest BCUT2D eigenvalue weighted by atomic mass is 35.5. The molecule has 0 amide bonds. The number of nitrogens with zero attached hydrogens (tertiary/aromatic N) is 1. The van der Waals surface area contributed by atoms with Crippen molar-refractivity contribution in [1.29, 1.82) is 0 Å². The highest BCUT2D eigenvalue weighted by Gasteiger charge is 2.51. The molecule has 0 radical (unpaired) electrons. The molecule has 0 aromatic heterocycles. The predicted molar refractivity (Wildman–Crippen MR) is 108 cm³/mol. The Bertz CT molecular complexity index is 1070. The number of benzene rings is 3. The van der Waals surface area contributed by atoms with Crippen LogP contribution in [-0.2, 0) is 5.79 Å². The first-order valence-electron chi connectivity index (χ1n) is 7.90. The van der Waals surface area contributed by atoms with Crippen LogP contribution in [0.3, 0.4) is 0 Å². The highest BCUT2D eigenvalue weighted by molar-refractivity contribution is 6.53. The van der Waals surface area contributed by atoms with Gasteiger partial charge in [-0.1, -0.05) is 88.9 Å². The van der Waals surface area contributed by atoms with Crippen LogP contribution in [0, 0.1) is 10.1 Å². The summed E-state index contributed by atoms with van der Waals surface area (Å²) in [6, 6.07) is 14.8. The molecular weight excluding hydrogens is 448 g/mol. The van der Waals surface area contributed by atoms with Crippen LogP contribution in [0.4, 0.5) is 5.69 Å². The third-order valence-electron chi connectivity index (χ3n) is 4.28. The van der Waals surface area contributed by atoms with Gasteiger partial charge in [0.15, 0.2) is 11.5 Å². The van der Waals surface area contributed by atoms with E-state index in [4.69, 9.17) is 55.9 Å². The second-order valence-electron chi connectivity index (χ2n) is 5.88. The summed E-state index contributed by atoms with van der Waals surface area (Å²) in [6.45, 7) is 0. The number of hydrogen-bond donors (Lipinski definition) is 0. The Balaban J connectivity index is 2.03. The van der Waals surface area contributed by atoms with E-state index in [1.807, 2.05) is 0 Å². The number of ether oxygens (including phenoxy) is 2. The first kappa shape index (κ1) is 19.2. The van der Waals surface area contributed by atoms with Crippen molar-refractivity contribution in [3.8, 4) is 11.5 Å². The highest BCUT2D eigenvalue weighted by Crippen LogP contribution is 2.58. The number of fused-ring (bicyclic) bond motifs is 1. The standard InChI is InChI=1S/C19H9Cl4NO4/c20-13-14(21)16(23)18-17(15(13)22)27-19(28-18,10-6-2-1-3-7-10)11-8-4-5-9-12(11)24(25)26/h1-9H. The maximum atomic E-state index is 11.7. The third-order valence-corrected chi connectivity index (χ3v) is 6.05. The smallest absolute Gasteiger partial charge is 0.312 e. The molecule has 1 heterocycles. The molecule has 3 aromatic rings. The zero-order valence-corrected chi connectivity index (χ0v) is 16.8. The fourth-order valence-electron chi connectivity index (χ4n) is 3.03. The summed E-state index contributed by atoms with van der Waals surface area (Å²) in [6.07, 6.45) is 0. The first-order chi connectivity index (χ1) is 13.4. The lowest BCUT2D eigenvalue weighted by molar-refractivity contribution is -0.387. The Labute approximate surface area is 179 Å². The molecular formula is C19H9Cl4NO4. The Kier molecular flexibility index (Phi) is 4.79. The van der Waals surface area contributed by atoms with Gasteiger partial charge in [-0.3, -0.25) is 10.1 Å². The quantitative estimate of drug-likeness (QED) is 0.186. The third kappa shape index (κ3) is 2.78. The average Bonchev–Trinajstić information content (AvgIpc) is 3.13. The van der Waals surface area contributed by atoms with E-state index in [1.165, 1.54) is 6.07 Å². The molecule has 0 saturated carbocycles. The summed E-state index contributed by atoms with van der Waals surface area (Å²) in [5.74, 6) is -1.58. The molecule has 0 spiro atoms. The summed E-state index contributed by atoms with van der Waals surface area (Å²) < 4.78 is 12.2. The number of nitro groups is 1. The zero-order valence-electron chi connectivity index (χ0n) is 13.8. The van der Waals surface area contributed by atoms with Crippen molar-refractivity contribution in [1.82, 2.24) is 0 Å². The lowest BCUT2D eigenvalue weighted by atomic mass is 9.95. The van der Waals surface area contributed by atoms with Crippen LogP contribution in [0.5, 0.6) is 11.5 Å². The molecule has 5 nitrogen and oxygen atoms in total. The summed E-state index contributed by atoms with van der Waals surface area (Å²) in [4.78, 5) is 11.2. The van der Waals surface area contributed by atoms with Crippen molar-refractivity contribution in [3.05, 3.63) is 95.9 Å². The van der Waals surface area contributed by atoms with Gasteiger partial charge in [-0.2, -0.15) is 0 Å². The minimum atomic E-state index is -1.70. The van der Waals surface area contributed by atoms with Crippen molar-refractivity contribution in [2.45, 2.75) is 5.79 Å². The van der Waals surface area contributed by atoms with E-state index >= 15 is 0 Å². The van der Waals surface area contributed by atoms with Crippen molar-refractivity contribution >= 4 is 52.1 Å². The van der Waals surface area contributed by atoms with Crippen LogP contribution >= 0.6 is 46.4 Å². The monoisotopic (exact) mass is 455 g/mol. The number of rotatable bonds is 3. The van der Waals surface area contributed by atoms with Crippen molar-refractivity contribution in [3.63, 3.8) is 0 Å². The Morgan fingerprint density at radius 3 is 1.79 bits per heavy atom. The van der Waals surface area contributed by atoms with Crippen molar-refractivity contribution in [2.24, 2.45) is 0 Å². The second-order valence-corrected chi connectivity index (χ2v) is 7.39. The zero-order chi connectivity index (χ0) is 20.1. The molecule has 0 unspecified atom stereocenters. The topological polar surface area (TPSA) is 61.6 Å². The number of para-hydroxylation sites is 1. The molecule has 3 aromatic carbocycles. The molecule has 4 rings (SSSR count). The lowest BCUT2D eigenvalue weighted by Crippen LogP contribution is -2.37. The van der Waals surface area contributed by atoms with Crippen molar-refractivity contribution in [2.75, 3.05) is 0 Å². The first-order valence-corrected chi connectivity index (χ1v) is 9.41. The largest absolute Gasteiger partial charge is 0.438 e. The number of hydrogen-bond acceptors (Lipinski definition) is 4. The number of halogens is 4. The predicted octanol–water partition coefficient (Wildman–Crippen LogP) is 6.88. The van der Waals surface area contributed by atoms with Gasteiger partial charge < -0.3 is 9.47 Å². The van der Waals surface area contributed by atoms with E-state index in [0.29, 0.717) is 5.56 Å². The summed E-state index contributed by atoms with van der Waals surface area (Å²) in [7, 11) is 0. The minimum Gasteiger partial charge on any atom is -0.438 e. The van der Waals surface area contributed by atoms with E-state index in [0.717, 1.165) is 0 Å². The summed E-state index contributed by atoms with van der Waals surface area (Å²) in [5.41, 5.74) is 0.477. The van der Waals surface area contributed by atoms with Crippen LogP contribution in [0.2, 0.25) is 20.1 Å². The molecule has 0 atom stereocenters. The summed E-state index contributed by atoms with van der Waals surface area (Å²) >= 11 is 24.9. The maximum Gasteiger partial charge on any atom is 0.312 e. The molecule has 0 N–H and O–H groups in total. The molecule has 0 saturated heterocycles. The molecule has 0 fully saturated rings. The van der Waals surface area contributed by atoms with Gasteiger partial charge in [-0.25, -0.2) is 0 Å². The maximum absolute atomic E-state index is 11.7. The molecule has 142 valence electrons. The van der Waals surface area contributed by atoms with E-state index < -0.39 is 10.7 Å². The number of nitro benzene ring substituents is 1. The van der Waals surface area contributed by atoms with Gasteiger partial charge in [-0.05, 0) is 6.07 Å². The van der Waals surface area contributed by atoms with Crippen LogP contribution in [0.15, 0.2) is 54.6 Å². The van der Waals surface area contributed by atoms with E-state index in [-0.39, 0.29) is 42.8 Å². The van der Waals surface area contributed by atoms with Gasteiger partial charge in [0.05, 0.1) is 15.0 Å². The minimum absolute atomic E-state index is 0.00195. The fourth-order valence-corrected chi connectivity index (χ4v) is 3.93. The van der Waals surface area contributed by atoms with Crippen LogP contribution in [0.25, 0.3) is 0 Å². The van der Waals surface area contributed by atoms with E-state index in [9.17, 15) is 10.1 Å². The van der Waals surface area contributed by atoms with Gasteiger partial charge in [-0.15, -0.1) is 0 Å². The Hall–Kier alpha value is -2.18. The van der Waals surface area contributed by atoms with E-state index in [1.54, 1.807) is 48.5 Å². The molecule has 28 heavy (non-hydrogen) atoms. The molecule has 9 heteroatoms. The van der Waals surface area contributed by atoms with E-state index in [2.05, 4.69) is 0 Å². The Morgan fingerprint density at radius 2 is 1.25 bits per heavy atom. The normalized spacial score (nSPS) is 14.1. The molecule has 0 aliphatic carbocycles. The van der Waals surface area contributed by atoms with Gasteiger partial charge in [0.25, 0.3) is 5.69 Å². The van der Waals surface area contributed by atoms with Gasteiger partial charge in [0.2, 0.25) is 0 Å². The van der Waals surface area contributed by atoms with Crippen LogP contribution < -0.4 is 9.47 Å². The average molecular weight is 457 g/mol. The lowest BCUT2D eigenvalue weighted by Gasteiger charge is -2.28. The second kappa shape index (κ2) is 7.01. The van der Waals surface area contributed by atoms with Crippen LogP contribution in [0.1, 0.15) is 11.1 Å². The molecule has 1 aliphatic rings. The van der Waals surface area contributed by atoms with Crippen LogP contribution in [-0.4, -0.2) is 4.92 Å². The van der Waals surface area contributed by atoms with Gasteiger partial charge in [0.1, 0.15) is 15.6 Å². The molecule has 0 bridgehead atoms. The SMILES string of the molecule is O=[N+]([O-])c1ccccc1C1(c2ccccc2)Oc2c(Cl)c(Cl)c(Cl)c(Cl)c2O1. The summed E-state index contributed by atoms with van der Waals surface area (Å²) in [5, 5.41) is 11.7. The fraction of sp³-hybridized carbons (Fsp3) is 0.0526.